The van der Waals surface area contributed by atoms with Gasteiger partial charge in [0.2, 0.25) is 0 Å². The van der Waals surface area contributed by atoms with Crippen molar-refractivity contribution >= 4 is 11.9 Å². The summed E-state index contributed by atoms with van der Waals surface area (Å²) in [4.78, 5) is 9.64. The molecule has 0 bridgehead atoms. The molecular formula is C7H18N6O3. The van der Waals surface area contributed by atoms with Gasteiger partial charge < -0.3 is 16.7 Å². The highest BCUT2D eigenvalue weighted by Crippen LogP contribution is 2.00. The molecule has 0 atom stereocenters. The van der Waals surface area contributed by atoms with Crippen LogP contribution in [0.15, 0.2) is 0 Å². The molecule has 0 fully saturated rings. The summed E-state index contributed by atoms with van der Waals surface area (Å²) in [7, 11) is 0. The minimum Gasteiger partial charge on any atom is -0.370 e. The minimum absolute atomic E-state index is 0.164. The average Bonchev–Trinajstić information content (AvgIpc) is 2.00. The zero-order valence-electron chi connectivity index (χ0n) is 9.30. The lowest BCUT2D eigenvalue weighted by molar-refractivity contribution is -0.742. The zero-order chi connectivity index (χ0) is 13.3. The van der Waals surface area contributed by atoms with Gasteiger partial charge in [-0.2, -0.15) is 0 Å². The van der Waals surface area contributed by atoms with E-state index in [0.717, 1.165) is 6.42 Å². The van der Waals surface area contributed by atoms with E-state index < -0.39 is 5.09 Å². The second kappa shape index (κ2) is 8.26. The molecule has 0 spiro atoms. The second-order valence-corrected chi connectivity index (χ2v) is 3.34. The Kier molecular flexibility index (Phi) is 8.46. The van der Waals surface area contributed by atoms with Gasteiger partial charge in [0.05, 0.1) is 0 Å². The molecule has 0 aromatic carbocycles. The van der Waals surface area contributed by atoms with Gasteiger partial charge in [0.25, 0.3) is 5.09 Å². The summed E-state index contributed by atoms with van der Waals surface area (Å²) in [6.07, 6.45) is 0.874. The number of hydrogen-bond donors (Lipinski definition) is 5. The van der Waals surface area contributed by atoms with Crippen molar-refractivity contribution < 1.29 is 10.3 Å². The lowest BCUT2D eigenvalue weighted by atomic mass is 10.1. The fraction of sp³-hybridized carbons (Fsp3) is 0.714. The highest BCUT2D eigenvalue weighted by molar-refractivity contribution is 5.94. The van der Waals surface area contributed by atoms with E-state index in [-0.39, 0.29) is 11.9 Å². The van der Waals surface area contributed by atoms with Crippen molar-refractivity contribution in [2.45, 2.75) is 20.3 Å². The van der Waals surface area contributed by atoms with Crippen LogP contribution in [0.4, 0.5) is 0 Å². The first-order valence-corrected chi connectivity index (χ1v) is 4.47. The molecule has 0 heterocycles. The van der Waals surface area contributed by atoms with Crippen LogP contribution in [0, 0.1) is 26.9 Å². The molecule has 0 aliphatic carbocycles. The van der Waals surface area contributed by atoms with Gasteiger partial charge in [-0.15, -0.1) is 10.1 Å². The van der Waals surface area contributed by atoms with Crippen LogP contribution in [-0.2, 0) is 0 Å². The number of nitrogens with two attached hydrogens (primary N) is 2. The number of rotatable bonds is 3. The quantitative estimate of drug-likeness (QED) is 0.196. The van der Waals surface area contributed by atoms with Crippen molar-refractivity contribution in [1.82, 2.24) is 4.90 Å². The Bertz CT molecular complexity index is 237. The molecule has 0 radical (unpaired) electrons. The van der Waals surface area contributed by atoms with E-state index in [9.17, 15) is 0 Å². The third-order valence-electron chi connectivity index (χ3n) is 1.51. The molecule has 9 nitrogen and oxygen atoms in total. The zero-order valence-corrected chi connectivity index (χ0v) is 9.30. The maximum Gasteiger partial charge on any atom is 0.291 e. The predicted octanol–water partition coefficient (Wildman–Crippen LogP) is -0.226. The van der Waals surface area contributed by atoms with Crippen molar-refractivity contribution in [3.63, 3.8) is 0 Å². The normalized spacial score (nSPS) is 8.94. The number of nitrogens with zero attached hydrogens (tertiary/aromatic N) is 2. The van der Waals surface area contributed by atoms with E-state index in [4.69, 9.17) is 37.6 Å². The highest BCUT2D eigenvalue weighted by Gasteiger charge is 2.09. The van der Waals surface area contributed by atoms with E-state index in [1.165, 1.54) is 4.90 Å². The minimum atomic E-state index is -1.50. The molecule has 0 rings (SSSR count). The van der Waals surface area contributed by atoms with Crippen LogP contribution in [-0.4, -0.2) is 33.7 Å². The molecule has 7 N–H and O–H groups in total. The monoisotopic (exact) mass is 234 g/mol. The lowest BCUT2D eigenvalue weighted by Crippen LogP contribution is -2.45. The van der Waals surface area contributed by atoms with Gasteiger partial charge >= 0.3 is 0 Å². The number of nitrogens with one attached hydrogen (secondary N) is 2. The third-order valence-corrected chi connectivity index (χ3v) is 1.51. The molecule has 0 saturated heterocycles. The van der Waals surface area contributed by atoms with Crippen molar-refractivity contribution in [3.05, 3.63) is 10.1 Å². The Balaban J connectivity index is 0. The fourth-order valence-electron chi connectivity index (χ4n) is 0.758. The topological polar surface area (TPSA) is 166 Å². The molecule has 0 aromatic heterocycles. The van der Waals surface area contributed by atoms with Gasteiger partial charge in [0.1, 0.15) is 0 Å². The fourth-order valence-corrected chi connectivity index (χ4v) is 0.758. The smallest absolute Gasteiger partial charge is 0.291 e. The molecule has 9 heteroatoms. The summed E-state index contributed by atoms with van der Waals surface area (Å²) < 4.78 is 0. The average molecular weight is 234 g/mol. The van der Waals surface area contributed by atoms with E-state index >= 15 is 0 Å². The van der Waals surface area contributed by atoms with Gasteiger partial charge in [0, 0.05) is 6.54 Å². The number of hydrogen-bond acceptors (Lipinski definition) is 4. The first-order valence-electron chi connectivity index (χ1n) is 4.47. The van der Waals surface area contributed by atoms with Crippen LogP contribution in [0.25, 0.3) is 0 Å². The van der Waals surface area contributed by atoms with Crippen molar-refractivity contribution in [2.24, 2.45) is 17.4 Å². The Morgan fingerprint density at radius 2 is 1.75 bits per heavy atom. The van der Waals surface area contributed by atoms with Gasteiger partial charge in [-0.05, 0) is 12.3 Å². The standard InChI is InChI=1S/C7H17N5.HNO3/c1-5(2)3-4-12(6(8)9)7(10)11;2-1(3)4/h5H,3-4H2,1-2H3,(H3,8,9)(H3,10,11);(H,2,3,4). The maximum atomic E-state index is 8.36. The van der Waals surface area contributed by atoms with Crippen molar-refractivity contribution in [2.75, 3.05) is 6.54 Å². The van der Waals surface area contributed by atoms with Gasteiger partial charge in [-0.25, -0.2) is 0 Å². The summed E-state index contributed by atoms with van der Waals surface area (Å²) in [6.45, 7) is 4.68. The third kappa shape index (κ3) is 11.9. The predicted molar refractivity (Wildman–Crippen MR) is 58.8 cm³/mol. The molecular weight excluding hydrogens is 216 g/mol. The van der Waals surface area contributed by atoms with Crippen LogP contribution < -0.4 is 11.5 Å². The molecule has 94 valence electrons. The van der Waals surface area contributed by atoms with E-state index in [2.05, 4.69) is 13.8 Å². The highest BCUT2D eigenvalue weighted by atomic mass is 16.9. The van der Waals surface area contributed by atoms with Crippen LogP contribution in [0.1, 0.15) is 20.3 Å². The molecule has 0 unspecified atom stereocenters. The summed E-state index contributed by atoms with van der Waals surface area (Å²) in [5.74, 6) is 0.192. The first-order chi connectivity index (χ1) is 7.18. The summed E-state index contributed by atoms with van der Waals surface area (Å²) in [5, 5.41) is 27.9. The van der Waals surface area contributed by atoms with E-state index in [1.54, 1.807) is 0 Å². The van der Waals surface area contributed by atoms with Gasteiger partial charge in [0.15, 0.2) is 11.9 Å². The Morgan fingerprint density at radius 1 is 1.44 bits per heavy atom. The SMILES string of the molecule is CC(C)CCN(C(=N)N)C(=N)N.O=[N+]([O-])O. The van der Waals surface area contributed by atoms with Crippen LogP contribution in [0.2, 0.25) is 0 Å². The Labute approximate surface area is 93.1 Å². The van der Waals surface area contributed by atoms with Crippen molar-refractivity contribution in [1.29, 1.82) is 10.8 Å². The lowest BCUT2D eigenvalue weighted by Gasteiger charge is -2.20. The number of guanidine groups is 2. The van der Waals surface area contributed by atoms with Crippen LogP contribution in [0.5, 0.6) is 0 Å². The van der Waals surface area contributed by atoms with Gasteiger partial charge in [-0.3, -0.25) is 15.7 Å². The Morgan fingerprint density at radius 3 is 1.94 bits per heavy atom. The molecule has 0 saturated carbocycles. The van der Waals surface area contributed by atoms with E-state index in [1.807, 2.05) is 0 Å². The molecule has 0 aromatic rings. The van der Waals surface area contributed by atoms with Crippen LogP contribution in [0.3, 0.4) is 0 Å². The maximum absolute atomic E-state index is 8.36. The molecule has 0 aliphatic heterocycles. The largest absolute Gasteiger partial charge is 0.370 e. The Hall–Kier alpha value is -2.06. The summed E-state index contributed by atoms with van der Waals surface area (Å²) >= 11 is 0. The molecule has 16 heavy (non-hydrogen) atoms. The molecule has 0 amide bonds. The second-order valence-electron chi connectivity index (χ2n) is 3.34. The molecule has 0 aliphatic rings. The van der Waals surface area contributed by atoms with Gasteiger partial charge in [-0.1, -0.05) is 13.8 Å². The summed E-state index contributed by atoms with van der Waals surface area (Å²) in [6, 6.07) is 0. The van der Waals surface area contributed by atoms with Crippen molar-refractivity contribution in [3.8, 4) is 0 Å². The van der Waals surface area contributed by atoms with E-state index in [0.29, 0.717) is 12.5 Å². The van der Waals surface area contributed by atoms with Crippen LogP contribution >= 0.6 is 0 Å². The first kappa shape index (κ1) is 16.4. The summed E-state index contributed by atoms with van der Waals surface area (Å²) in [5.41, 5.74) is 10.4.